The summed E-state index contributed by atoms with van der Waals surface area (Å²) in [6.07, 6.45) is 0. The van der Waals surface area contributed by atoms with Gasteiger partial charge < -0.3 is 0 Å². The van der Waals surface area contributed by atoms with Gasteiger partial charge in [-0.05, 0) is 12.1 Å². The molecule has 0 aliphatic heterocycles. The number of rotatable bonds is 0. The van der Waals surface area contributed by atoms with Crippen molar-refractivity contribution in [1.29, 1.82) is 0 Å². The van der Waals surface area contributed by atoms with Crippen molar-refractivity contribution in [2.45, 2.75) is 27.7 Å². The Hall–Kier alpha value is -1.74. The third-order valence-corrected chi connectivity index (χ3v) is 2.69. The molecule has 2 aromatic rings. The average molecular weight is 405 g/mol. The summed E-state index contributed by atoms with van der Waals surface area (Å²) >= 11 is 0. The first-order valence-corrected chi connectivity index (χ1v) is 7.88. The Morgan fingerprint density at radius 3 is 1.00 bits per heavy atom. The minimum atomic E-state index is -4.67. The van der Waals surface area contributed by atoms with Gasteiger partial charge in [-0.2, -0.15) is 8.42 Å². The van der Waals surface area contributed by atoms with E-state index in [-0.39, 0.29) is 16.5 Å². The number of aryl methyl sites for hydroxylation is 4. The molecule has 0 saturated carbocycles. The van der Waals surface area contributed by atoms with E-state index in [4.69, 9.17) is 27.9 Å². The third kappa shape index (κ3) is 10.9. The van der Waals surface area contributed by atoms with Gasteiger partial charge >= 0.3 is 10.4 Å². The predicted molar refractivity (Wildman–Crippen MR) is 80.8 cm³/mol. The van der Waals surface area contributed by atoms with Crippen molar-refractivity contribution in [3.63, 3.8) is 0 Å². The van der Waals surface area contributed by atoms with E-state index in [1.165, 1.54) is 9.46 Å². The molecule has 0 aliphatic carbocycles. The summed E-state index contributed by atoms with van der Waals surface area (Å²) in [6.45, 7) is 7.42. The Balaban J connectivity index is 0. The molecule has 0 saturated heterocycles. The van der Waals surface area contributed by atoms with Gasteiger partial charge in [0.2, 0.25) is 22.8 Å². The van der Waals surface area contributed by atoms with Gasteiger partial charge in [0.1, 0.15) is 0 Å². The first-order chi connectivity index (χ1) is 10.4. The smallest absolute Gasteiger partial charge is 0.285 e. The van der Waals surface area contributed by atoms with Gasteiger partial charge in [0.15, 0.2) is 0 Å². The molecule has 0 aliphatic rings. The SMILES string of the molecule is Cc1cccc(C)[n+]1O.Cc1cccc(C)[n+]1O.O=S(=O)(O)O.[Ni]. The fourth-order valence-corrected chi connectivity index (χ4v) is 1.49. The summed E-state index contributed by atoms with van der Waals surface area (Å²) in [5.74, 6) is 0. The van der Waals surface area contributed by atoms with Gasteiger partial charge in [-0.15, -0.1) is 0 Å². The number of pyridine rings is 2. The molecule has 2 rings (SSSR count). The quantitative estimate of drug-likeness (QED) is 0.225. The van der Waals surface area contributed by atoms with Crippen LogP contribution in [-0.4, -0.2) is 27.9 Å². The second-order valence-corrected chi connectivity index (χ2v) is 5.58. The van der Waals surface area contributed by atoms with Gasteiger partial charge in [-0.25, -0.2) is 0 Å². The molecule has 0 spiro atoms. The van der Waals surface area contributed by atoms with Gasteiger partial charge in [-0.1, -0.05) is 0 Å². The van der Waals surface area contributed by atoms with Gasteiger partial charge in [0.25, 0.3) is 0 Å². The summed E-state index contributed by atoms with van der Waals surface area (Å²) in [6, 6.07) is 11.2. The zero-order valence-corrected chi connectivity index (χ0v) is 15.5. The van der Waals surface area contributed by atoms with Crippen LogP contribution in [0.4, 0.5) is 0 Å². The molecular formula is C14H22N2NiO6S+2. The van der Waals surface area contributed by atoms with E-state index in [2.05, 4.69) is 0 Å². The van der Waals surface area contributed by atoms with Crippen LogP contribution in [0, 0.1) is 27.7 Å². The average Bonchev–Trinajstić information content (AvgIpc) is 2.41. The van der Waals surface area contributed by atoms with E-state index in [1.807, 2.05) is 64.1 Å². The van der Waals surface area contributed by atoms with E-state index < -0.39 is 10.4 Å². The van der Waals surface area contributed by atoms with Gasteiger partial charge in [0.05, 0.1) is 0 Å². The van der Waals surface area contributed by atoms with Crippen LogP contribution in [0.2, 0.25) is 0 Å². The summed E-state index contributed by atoms with van der Waals surface area (Å²) in [4.78, 5) is 0. The molecular weight excluding hydrogens is 383 g/mol. The number of aromatic nitrogens is 2. The maximum Gasteiger partial charge on any atom is 0.394 e. The van der Waals surface area contributed by atoms with Crippen molar-refractivity contribution < 1.29 is 53.9 Å². The van der Waals surface area contributed by atoms with E-state index in [0.29, 0.717) is 0 Å². The zero-order valence-electron chi connectivity index (χ0n) is 13.7. The van der Waals surface area contributed by atoms with Crippen LogP contribution >= 0.6 is 0 Å². The topological polar surface area (TPSA) is 123 Å². The van der Waals surface area contributed by atoms with Crippen molar-refractivity contribution in [2.75, 3.05) is 0 Å². The van der Waals surface area contributed by atoms with Crippen LogP contribution in [0.15, 0.2) is 36.4 Å². The second kappa shape index (κ2) is 10.9. The summed E-state index contributed by atoms with van der Waals surface area (Å²) in [5.41, 5.74) is 3.43. The molecule has 2 aromatic heterocycles. The fraction of sp³-hybridized carbons (Fsp3) is 0.286. The van der Waals surface area contributed by atoms with Crippen LogP contribution in [0.1, 0.15) is 22.8 Å². The van der Waals surface area contributed by atoms with E-state index in [9.17, 15) is 0 Å². The molecule has 0 bridgehead atoms. The van der Waals surface area contributed by atoms with Crippen molar-refractivity contribution in [3.05, 3.63) is 59.2 Å². The summed E-state index contributed by atoms with van der Waals surface area (Å²) < 4.78 is 33.9. The van der Waals surface area contributed by atoms with Crippen LogP contribution in [0.25, 0.3) is 0 Å². The van der Waals surface area contributed by atoms with Crippen molar-refractivity contribution in [1.82, 2.24) is 0 Å². The molecule has 8 nitrogen and oxygen atoms in total. The molecule has 4 N–H and O–H groups in total. The molecule has 0 radical (unpaired) electrons. The van der Waals surface area contributed by atoms with Crippen LogP contribution in [-0.2, 0) is 26.9 Å². The van der Waals surface area contributed by atoms with Crippen LogP contribution in [0.5, 0.6) is 0 Å². The molecule has 0 fully saturated rings. The Kier molecular flexibility index (Phi) is 11.2. The van der Waals surface area contributed by atoms with Crippen molar-refractivity contribution >= 4 is 10.4 Å². The number of nitrogens with zero attached hydrogens (tertiary/aromatic N) is 2. The standard InChI is InChI=1S/2C7H10NO.Ni.H2O4S/c2*1-6-4-3-5-7(2)8(6)9;;1-5(2,3)4/h2*3-5,9H,1-2H3;;(H2,1,2,3,4)/q2*+1;;. The van der Waals surface area contributed by atoms with Crippen LogP contribution in [0.3, 0.4) is 0 Å². The zero-order chi connectivity index (χ0) is 18.2. The first kappa shape index (κ1) is 24.5. The third-order valence-electron chi connectivity index (χ3n) is 2.69. The van der Waals surface area contributed by atoms with Crippen molar-refractivity contribution in [3.8, 4) is 0 Å². The maximum atomic E-state index is 9.12. The summed E-state index contributed by atoms with van der Waals surface area (Å²) in [7, 11) is -4.67. The molecule has 0 atom stereocenters. The Labute approximate surface area is 151 Å². The van der Waals surface area contributed by atoms with E-state index >= 15 is 0 Å². The van der Waals surface area contributed by atoms with Crippen molar-refractivity contribution in [2.24, 2.45) is 0 Å². The Morgan fingerprint density at radius 1 is 0.708 bits per heavy atom. The molecule has 0 aromatic carbocycles. The Morgan fingerprint density at radius 2 is 0.875 bits per heavy atom. The normalized spacial score (nSPS) is 9.58. The van der Waals surface area contributed by atoms with Gasteiger partial charge in [-0.3, -0.25) is 19.5 Å². The minimum Gasteiger partial charge on any atom is -0.285 e. The maximum absolute atomic E-state index is 9.12. The minimum absolute atomic E-state index is 0. The fourth-order valence-electron chi connectivity index (χ4n) is 1.49. The molecule has 24 heavy (non-hydrogen) atoms. The largest absolute Gasteiger partial charge is 0.394 e. The molecule has 138 valence electrons. The first-order valence-electron chi connectivity index (χ1n) is 6.48. The molecule has 0 unspecified atom stereocenters. The molecule has 0 amide bonds. The van der Waals surface area contributed by atoms with Crippen LogP contribution < -0.4 is 9.46 Å². The Bertz CT molecular complexity index is 655. The number of hydrogen-bond acceptors (Lipinski definition) is 4. The second-order valence-electron chi connectivity index (χ2n) is 4.69. The summed E-state index contributed by atoms with van der Waals surface area (Å²) in [5, 5.41) is 18.2. The van der Waals surface area contributed by atoms with E-state index in [0.717, 1.165) is 22.8 Å². The van der Waals surface area contributed by atoms with E-state index in [1.54, 1.807) is 0 Å². The molecule has 2 heterocycles. The monoisotopic (exact) mass is 404 g/mol. The van der Waals surface area contributed by atoms with Gasteiger partial charge in [0, 0.05) is 77.9 Å². The predicted octanol–water partition coefficient (Wildman–Crippen LogP) is 1.00. The number of hydrogen-bond donors (Lipinski definition) is 4. The molecule has 10 heteroatoms.